The average molecular weight is 299 g/mol. The standard InChI is InChI=1S/C16H17N3OS/c1-2-9-20-14(7-1)16-18-13-6-3-8-17-15(13)19(16)11-12-5-4-10-21-12/h3-6,8,10,14H,1-2,7,9,11H2. The Balaban J connectivity index is 1.80. The Morgan fingerprint density at radius 1 is 1.29 bits per heavy atom. The van der Waals surface area contributed by atoms with E-state index in [1.807, 2.05) is 18.3 Å². The maximum absolute atomic E-state index is 5.95. The van der Waals surface area contributed by atoms with Gasteiger partial charge in [0.2, 0.25) is 0 Å². The molecule has 0 bridgehead atoms. The van der Waals surface area contributed by atoms with Gasteiger partial charge in [0.15, 0.2) is 5.65 Å². The van der Waals surface area contributed by atoms with Crippen LogP contribution in [0.15, 0.2) is 35.8 Å². The molecule has 3 aromatic rings. The first-order valence-electron chi connectivity index (χ1n) is 7.37. The van der Waals surface area contributed by atoms with E-state index < -0.39 is 0 Å². The van der Waals surface area contributed by atoms with Gasteiger partial charge >= 0.3 is 0 Å². The van der Waals surface area contributed by atoms with Crippen molar-refractivity contribution >= 4 is 22.5 Å². The van der Waals surface area contributed by atoms with E-state index in [1.54, 1.807) is 11.3 Å². The van der Waals surface area contributed by atoms with Crippen molar-refractivity contribution in [3.8, 4) is 0 Å². The Bertz CT molecular complexity index is 729. The van der Waals surface area contributed by atoms with Crippen LogP contribution in [0.3, 0.4) is 0 Å². The summed E-state index contributed by atoms with van der Waals surface area (Å²) in [5.41, 5.74) is 1.91. The van der Waals surface area contributed by atoms with Gasteiger partial charge in [0, 0.05) is 17.7 Å². The Morgan fingerprint density at radius 3 is 3.10 bits per heavy atom. The molecular weight excluding hydrogens is 282 g/mol. The molecule has 4 heterocycles. The Kier molecular flexibility index (Phi) is 3.45. The second kappa shape index (κ2) is 5.58. The molecule has 1 fully saturated rings. The normalized spacial score (nSPS) is 19.1. The highest BCUT2D eigenvalue weighted by Gasteiger charge is 2.23. The average Bonchev–Trinajstić information content (AvgIpc) is 3.17. The highest BCUT2D eigenvalue weighted by atomic mass is 32.1. The van der Waals surface area contributed by atoms with Crippen LogP contribution in [0.25, 0.3) is 11.2 Å². The van der Waals surface area contributed by atoms with E-state index in [0.29, 0.717) is 0 Å². The van der Waals surface area contributed by atoms with Gasteiger partial charge in [-0.05, 0) is 42.8 Å². The monoisotopic (exact) mass is 299 g/mol. The smallest absolute Gasteiger partial charge is 0.160 e. The third-order valence-corrected chi connectivity index (χ3v) is 4.76. The number of rotatable bonds is 3. The zero-order valence-electron chi connectivity index (χ0n) is 11.7. The second-order valence-electron chi connectivity index (χ2n) is 5.34. The third-order valence-electron chi connectivity index (χ3n) is 3.90. The fourth-order valence-electron chi connectivity index (χ4n) is 2.88. The molecule has 108 valence electrons. The van der Waals surface area contributed by atoms with Crippen LogP contribution in [0, 0.1) is 0 Å². The number of ether oxygens (including phenoxy) is 1. The summed E-state index contributed by atoms with van der Waals surface area (Å²) in [7, 11) is 0. The number of pyridine rings is 1. The summed E-state index contributed by atoms with van der Waals surface area (Å²) in [6.07, 6.45) is 5.35. The van der Waals surface area contributed by atoms with Crippen molar-refractivity contribution in [2.24, 2.45) is 0 Å². The van der Waals surface area contributed by atoms with Gasteiger partial charge in [-0.15, -0.1) is 11.3 Å². The predicted octanol–water partition coefficient (Wildman–Crippen LogP) is 3.78. The molecular formula is C16H17N3OS. The summed E-state index contributed by atoms with van der Waals surface area (Å²) in [5, 5.41) is 2.11. The van der Waals surface area contributed by atoms with Crippen LogP contribution in [0.5, 0.6) is 0 Å². The quantitative estimate of drug-likeness (QED) is 0.739. The molecule has 1 unspecified atom stereocenters. The summed E-state index contributed by atoms with van der Waals surface area (Å²) in [6, 6.07) is 8.21. The maximum atomic E-state index is 5.95. The predicted molar refractivity (Wildman–Crippen MR) is 83.5 cm³/mol. The molecule has 0 aliphatic carbocycles. The van der Waals surface area contributed by atoms with Crippen LogP contribution in [-0.4, -0.2) is 21.1 Å². The topological polar surface area (TPSA) is 39.9 Å². The maximum Gasteiger partial charge on any atom is 0.160 e. The van der Waals surface area contributed by atoms with Crippen molar-refractivity contribution in [2.75, 3.05) is 6.61 Å². The molecule has 0 amide bonds. The highest BCUT2D eigenvalue weighted by molar-refractivity contribution is 7.09. The van der Waals surface area contributed by atoms with Gasteiger partial charge in [-0.3, -0.25) is 0 Å². The minimum atomic E-state index is 0.105. The Labute approximate surface area is 127 Å². The highest BCUT2D eigenvalue weighted by Crippen LogP contribution is 2.30. The molecule has 0 spiro atoms. The van der Waals surface area contributed by atoms with Crippen LogP contribution < -0.4 is 0 Å². The molecule has 0 aromatic carbocycles. The van der Waals surface area contributed by atoms with Gasteiger partial charge in [0.25, 0.3) is 0 Å². The first kappa shape index (κ1) is 13.0. The minimum absolute atomic E-state index is 0.105. The van der Waals surface area contributed by atoms with Crippen LogP contribution >= 0.6 is 11.3 Å². The van der Waals surface area contributed by atoms with Crippen molar-refractivity contribution in [1.82, 2.24) is 14.5 Å². The van der Waals surface area contributed by atoms with Crippen molar-refractivity contribution in [1.29, 1.82) is 0 Å². The van der Waals surface area contributed by atoms with Gasteiger partial charge in [-0.2, -0.15) is 0 Å². The Hall–Kier alpha value is -1.72. The van der Waals surface area contributed by atoms with E-state index in [0.717, 1.165) is 43.0 Å². The van der Waals surface area contributed by atoms with Crippen LogP contribution in [0.2, 0.25) is 0 Å². The number of thiophene rings is 1. The fraction of sp³-hybridized carbons (Fsp3) is 0.375. The molecule has 5 heteroatoms. The number of fused-ring (bicyclic) bond motifs is 1. The van der Waals surface area contributed by atoms with Crippen LogP contribution in [-0.2, 0) is 11.3 Å². The summed E-state index contributed by atoms with van der Waals surface area (Å²) >= 11 is 1.77. The summed E-state index contributed by atoms with van der Waals surface area (Å²) < 4.78 is 8.17. The summed E-state index contributed by atoms with van der Waals surface area (Å²) in [4.78, 5) is 10.6. The molecule has 1 aliphatic heterocycles. The summed E-state index contributed by atoms with van der Waals surface area (Å²) in [5.74, 6) is 1.02. The number of hydrogen-bond donors (Lipinski definition) is 0. The first-order valence-corrected chi connectivity index (χ1v) is 8.25. The molecule has 21 heavy (non-hydrogen) atoms. The van der Waals surface area contributed by atoms with E-state index in [1.165, 1.54) is 11.3 Å². The van der Waals surface area contributed by atoms with E-state index in [-0.39, 0.29) is 6.10 Å². The Morgan fingerprint density at radius 2 is 2.29 bits per heavy atom. The molecule has 1 saturated heterocycles. The molecule has 0 N–H and O–H groups in total. The minimum Gasteiger partial charge on any atom is -0.370 e. The van der Waals surface area contributed by atoms with Crippen molar-refractivity contribution < 1.29 is 4.74 Å². The van der Waals surface area contributed by atoms with Gasteiger partial charge in [-0.25, -0.2) is 9.97 Å². The molecule has 1 atom stereocenters. The number of imidazole rings is 1. The van der Waals surface area contributed by atoms with Gasteiger partial charge in [-0.1, -0.05) is 6.07 Å². The SMILES string of the molecule is c1csc(Cn2c(C3CCCCO3)nc3cccnc32)c1. The lowest BCUT2D eigenvalue weighted by molar-refractivity contribution is 0.00785. The number of aromatic nitrogens is 3. The summed E-state index contributed by atoms with van der Waals surface area (Å²) in [6.45, 7) is 1.65. The molecule has 4 rings (SSSR count). The van der Waals surface area contributed by atoms with Crippen LogP contribution in [0.1, 0.15) is 36.1 Å². The van der Waals surface area contributed by atoms with E-state index >= 15 is 0 Å². The molecule has 3 aromatic heterocycles. The van der Waals surface area contributed by atoms with Gasteiger partial charge < -0.3 is 9.30 Å². The van der Waals surface area contributed by atoms with E-state index in [4.69, 9.17) is 9.72 Å². The molecule has 4 nitrogen and oxygen atoms in total. The second-order valence-corrected chi connectivity index (χ2v) is 6.37. The molecule has 0 saturated carbocycles. The third kappa shape index (κ3) is 2.47. The molecule has 1 aliphatic rings. The van der Waals surface area contributed by atoms with Crippen LogP contribution in [0.4, 0.5) is 0 Å². The lowest BCUT2D eigenvalue weighted by atomic mass is 10.1. The zero-order chi connectivity index (χ0) is 14.1. The van der Waals surface area contributed by atoms with Crippen molar-refractivity contribution in [3.63, 3.8) is 0 Å². The first-order chi connectivity index (χ1) is 10.4. The van der Waals surface area contributed by atoms with E-state index in [9.17, 15) is 0 Å². The number of nitrogens with zero attached hydrogens (tertiary/aromatic N) is 3. The van der Waals surface area contributed by atoms with Gasteiger partial charge in [0.1, 0.15) is 17.4 Å². The van der Waals surface area contributed by atoms with Gasteiger partial charge in [0.05, 0.1) is 6.54 Å². The van der Waals surface area contributed by atoms with Crippen molar-refractivity contribution in [3.05, 3.63) is 46.5 Å². The lowest BCUT2D eigenvalue weighted by Gasteiger charge is -2.22. The lowest BCUT2D eigenvalue weighted by Crippen LogP contribution is -2.17. The fourth-order valence-corrected chi connectivity index (χ4v) is 3.57. The van der Waals surface area contributed by atoms with Crippen molar-refractivity contribution in [2.45, 2.75) is 31.9 Å². The molecule has 0 radical (unpaired) electrons. The zero-order valence-corrected chi connectivity index (χ0v) is 12.6. The van der Waals surface area contributed by atoms with E-state index in [2.05, 4.69) is 27.1 Å². The largest absolute Gasteiger partial charge is 0.370 e. The number of hydrogen-bond acceptors (Lipinski definition) is 4.